The summed E-state index contributed by atoms with van der Waals surface area (Å²) in [4.78, 5) is 13.1. The van der Waals surface area contributed by atoms with Gasteiger partial charge in [-0.15, -0.1) is 0 Å². The standard InChI is InChI=1S/C22H25NO3/c1-5-23-13-19(15-8-6-14(2)7-9-15)18-10-16-11-20(25-3)21(26-4)12-17(16)22(18)24/h6-9,11-12,23H,5,10,13H2,1-4H3. The molecule has 26 heavy (non-hydrogen) atoms. The molecule has 0 saturated carbocycles. The van der Waals surface area contributed by atoms with Crippen molar-refractivity contribution in [3.8, 4) is 11.5 Å². The van der Waals surface area contributed by atoms with E-state index in [1.807, 2.05) is 6.07 Å². The van der Waals surface area contributed by atoms with Crippen molar-refractivity contribution < 1.29 is 14.3 Å². The second-order valence-electron chi connectivity index (χ2n) is 6.47. The van der Waals surface area contributed by atoms with E-state index in [1.54, 1.807) is 20.3 Å². The van der Waals surface area contributed by atoms with Crippen LogP contribution in [0.3, 0.4) is 0 Å². The lowest BCUT2D eigenvalue weighted by Crippen LogP contribution is -2.18. The largest absolute Gasteiger partial charge is 0.493 e. The Bertz CT molecular complexity index is 850. The highest BCUT2D eigenvalue weighted by Gasteiger charge is 2.29. The number of rotatable bonds is 6. The van der Waals surface area contributed by atoms with Crippen LogP contribution in [0.15, 0.2) is 42.0 Å². The second kappa shape index (κ2) is 7.75. The first-order valence-electron chi connectivity index (χ1n) is 8.88. The molecule has 0 aliphatic heterocycles. The van der Waals surface area contributed by atoms with Gasteiger partial charge in [-0.1, -0.05) is 36.8 Å². The highest BCUT2D eigenvalue weighted by Crippen LogP contribution is 2.38. The van der Waals surface area contributed by atoms with Gasteiger partial charge in [0.2, 0.25) is 0 Å². The second-order valence-corrected chi connectivity index (χ2v) is 6.47. The van der Waals surface area contributed by atoms with E-state index in [0.717, 1.165) is 28.8 Å². The Morgan fingerprint density at radius 3 is 2.35 bits per heavy atom. The Balaban J connectivity index is 2.09. The number of carbonyl (C=O) groups excluding carboxylic acids is 1. The predicted molar refractivity (Wildman–Crippen MR) is 104 cm³/mol. The van der Waals surface area contributed by atoms with Crippen molar-refractivity contribution in [1.29, 1.82) is 0 Å². The molecule has 1 aliphatic carbocycles. The van der Waals surface area contributed by atoms with Gasteiger partial charge in [0, 0.05) is 24.1 Å². The van der Waals surface area contributed by atoms with Crippen molar-refractivity contribution in [3.63, 3.8) is 0 Å². The van der Waals surface area contributed by atoms with Crippen LogP contribution in [0.1, 0.15) is 34.0 Å². The van der Waals surface area contributed by atoms with Crippen molar-refractivity contribution in [2.45, 2.75) is 20.3 Å². The van der Waals surface area contributed by atoms with Gasteiger partial charge in [0.15, 0.2) is 17.3 Å². The molecule has 1 N–H and O–H groups in total. The zero-order valence-electron chi connectivity index (χ0n) is 15.8. The number of benzene rings is 2. The summed E-state index contributed by atoms with van der Waals surface area (Å²) in [5.41, 5.74) is 5.90. The van der Waals surface area contributed by atoms with Gasteiger partial charge in [-0.3, -0.25) is 4.79 Å². The van der Waals surface area contributed by atoms with Crippen molar-refractivity contribution in [3.05, 3.63) is 64.2 Å². The summed E-state index contributed by atoms with van der Waals surface area (Å²) in [6, 6.07) is 12.1. The zero-order valence-corrected chi connectivity index (χ0v) is 15.8. The molecule has 0 unspecified atom stereocenters. The number of fused-ring (bicyclic) bond motifs is 1. The molecule has 0 fully saturated rings. The monoisotopic (exact) mass is 351 g/mol. The summed E-state index contributed by atoms with van der Waals surface area (Å²) in [7, 11) is 3.20. The van der Waals surface area contributed by atoms with Gasteiger partial charge in [-0.25, -0.2) is 0 Å². The van der Waals surface area contributed by atoms with E-state index >= 15 is 0 Å². The summed E-state index contributed by atoms with van der Waals surface area (Å²) in [5, 5.41) is 3.37. The van der Waals surface area contributed by atoms with Crippen LogP contribution in [0.25, 0.3) is 5.57 Å². The molecule has 0 radical (unpaired) electrons. The molecule has 0 amide bonds. The Morgan fingerprint density at radius 2 is 1.73 bits per heavy atom. The number of allylic oxidation sites excluding steroid dienone is 1. The fourth-order valence-corrected chi connectivity index (χ4v) is 3.34. The molecule has 0 heterocycles. The molecule has 0 atom stereocenters. The van der Waals surface area contributed by atoms with Crippen molar-refractivity contribution >= 4 is 11.4 Å². The number of hydrogen-bond acceptors (Lipinski definition) is 4. The van der Waals surface area contributed by atoms with E-state index in [1.165, 1.54) is 5.56 Å². The van der Waals surface area contributed by atoms with Crippen LogP contribution in [0.5, 0.6) is 11.5 Å². The van der Waals surface area contributed by atoms with Gasteiger partial charge >= 0.3 is 0 Å². The van der Waals surface area contributed by atoms with Gasteiger partial charge in [0.05, 0.1) is 14.2 Å². The number of Topliss-reactive ketones (excluding diaryl/α,β-unsaturated/α-hetero) is 1. The molecular formula is C22H25NO3. The molecule has 0 aromatic heterocycles. The van der Waals surface area contributed by atoms with Gasteiger partial charge < -0.3 is 14.8 Å². The fraction of sp³-hybridized carbons (Fsp3) is 0.318. The van der Waals surface area contributed by atoms with E-state index in [0.29, 0.717) is 30.0 Å². The van der Waals surface area contributed by atoms with E-state index in [-0.39, 0.29) is 5.78 Å². The van der Waals surface area contributed by atoms with Gasteiger partial charge in [-0.2, -0.15) is 0 Å². The number of likely N-dealkylation sites (N-methyl/N-ethyl adjacent to an activating group) is 1. The average molecular weight is 351 g/mol. The number of hydrogen-bond donors (Lipinski definition) is 1. The van der Waals surface area contributed by atoms with E-state index in [2.05, 4.69) is 43.4 Å². The Morgan fingerprint density at radius 1 is 1.08 bits per heavy atom. The minimum Gasteiger partial charge on any atom is -0.493 e. The summed E-state index contributed by atoms with van der Waals surface area (Å²) < 4.78 is 10.8. The molecule has 4 heteroatoms. The van der Waals surface area contributed by atoms with Crippen LogP contribution in [-0.2, 0) is 6.42 Å². The van der Waals surface area contributed by atoms with Crippen LogP contribution < -0.4 is 14.8 Å². The molecule has 136 valence electrons. The third-order valence-corrected chi connectivity index (χ3v) is 4.81. The number of ether oxygens (including phenoxy) is 2. The molecular weight excluding hydrogens is 326 g/mol. The third-order valence-electron chi connectivity index (χ3n) is 4.81. The Kier molecular flexibility index (Phi) is 5.43. The molecule has 3 rings (SSSR count). The number of methoxy groups -OCH3 is 2. The molecule has 2 aromatic carbocycles. The Labute approximate surface area is 154 Å². The summed E-state index contributed by atoms with van der Waals surface area (Å²) in [5.74, 6) is 1.32. The van der Waals surface area contributed by atoms with Crippen LogP contribution in [0.4, 0.5) is 0 Å². The van der Waals surface area contributed by atoms with E-state index in [9.17, 15) is 4.79 Å². The maximum Gasteiger partial charge on any atom is 0.190 e. The van der Waals surface area contributed by atoms with Crippen molar-refractivity contribution in [2.24, 2.45) is 0 Å². The van der Waals surface area contributed by atoms with E-state index < -0.39 is 0 Å². The summed E-state index contributed by atoms with van der Waals surface area (Å²) in [6.45, 7) is 5.66. The molecule has 0 saturated heterocycles. The first-order chi connectivity index (χ1) is 12.6. The van der Waals surface area contributed by atoms with Gasteiger partial charge in [-0.05, 0) is 42.3 Å². The summed E-state index contributed by atoms with van der Waals surface area (Å²) in [6.07, 6.45) is 0.614. The molecule has 1 aliphatic rings. The first kappa shape index (κ1) is 18.2. The number of ketones is 1. The minimum atomic E-state index is 0.0782. The number of nitrogens with one attached hydrogen (secondary N) is 1. The molecule has 0 bridgehead atoms. The van der Waals surface area contributed by atoms with Crippen molar-refractivity contribution in [1.82, 2.24) is 5.32 Å². The summed E-state index contributed by atoms with van der Waals surface area (Å²) >= 11 is 0. The van der Waals surface area contributed by atoms with Crippen molar-refractivity contribution in [2.75, 3.05) is 27.3 Å². The highest BCUT2D eigenvalue weighted by molar-refractivity contribution is 6.17. The van der Waals surface area contributed by atoms with Crippen LogP contribution in [0.2, 0.25) is 0 Å². The first-order valence-corrected chi connectivity index (χ1v) is 8.88. The quantitative estimate of drug-likeness (QED) is 0.804. The van der Waals surface area contributed by atoms with Crippen LogP contribution in [-0.4, -0.2) is 33.1 Å². The van der Waals surface area contributed by atoms with E-state index in [4.69, 9.17) is 9.47 Å². The minimum absolute atomic E-state index is 0.0782. The van der Waals surface area contributed by atoms with Crippen LogP contribution in [0, 0.1) is 6.92 Å². The topological polar surface area (TPSA) is 47.6 Å². The maximum atomic E-state index is 13.1. The third kappa shape index (κ3) is 3.37. The highest BCUT2D eigenvalue weighted by atomic mass is 16.5. The molecule has 0 spiro atoms. The zero-order chi connectivity index (χ0) is 18.7. The molecule has 2 aromatic rings. The average Bonchev–Trinajstić information content (AvgIpc) is 2.98. The fourth-order valence-electron chi connectivity index (χ4n) is 3.34. The lowest BCUT2D eigenvalue weighted by atomic mass is 9.96. The SMILES string of the molecule is CCNCC(=C1Cc2cc(OC)c(OC)cc2C1=O)c1ccc(C)cc1. The Hall–Kier alpha value is -2.59. The normalized spacial score (nSPS) is 15.0. The number of aryl methyl sites for hydroxylation is 1. The molecule has 4 nitrogen and oxygen atoms in total. The lowest BCUT2D eigenvalue weighted by Gasteiger charge is -2.12. The predicted octanol–water partition coefficient (Wildman–Crippen LogP) is 3.81. The van der Waals surface area contributed by atoms with Crippen LogP contribution >= 0.6 is 0 Å². The van der Waals surface area contributed by atoms with Gasteiger partial charge in [0.25, 0.3) is 0 Å². The lowest BCUT2D eigenvalue weighted by molar-refractivity contribution is 0.103. The smallest absolute Gasteiger partial charge is 0.190 e. The number of carbonyl (C=O) groups is 1. The van der Waals surface area contributed by atoms with Gasteiger partial charge in [0.1, 0.15) is 0 Å². The maximum absolute atomic E-state index is 13.1.